The van der Waals surface area contributed by atoms with Crippen molar-refractivity contribution in [3.8, 4) is 11.8 Å². The van der Waals surface area contributed by atoms with Crippen LogP contribution in [-0.2, 0) is 4.74 Å². The quantitative estimate of drug-likeness (QED) is 0.873. The minimum atomic E-state index is 0.114. The monoisotopic (exact) mass is 253 g/mol. The first-order chi connectivity index (χ1) is 8.71. The van der Waals surface area contributed by atoms with E-state index in [1.165, 1.54) is 7.11 Å². The summed E-state index contributed by atoms with van der Waals surface area (Å²) in [4.78, 5) is 7.97. The second-order valence-corrected chi connectivity index (χ2v) is 4.37. The summed E-state index contributed by atoms with van der Waals surface area (Å²) in [5, 5.41) is 0. The van der Waals surface area contributed by atoms with Crippen molar-refractivity contribution in [2.45, 2.75) is 37.9 Å². The lowest BCUT2D eigenvalue weighted by Crippen LogP contribution is -2.29. The maximum atomic E-state index is 5.82. The standard InChI is InChI=1S/C12H19N3O3/c1-16-8-4-3-5-9(6-8)18-11-7-10(17-2)14-12(13)15-11/h7-9H,3-6H2,1-2H3,(H2,13,14,15). The SMILES string of the molecule is COc1cc(OC2CCCC(OC)C2)nc(N)n1. The van der Waals surface area contributed by atoms with Crippen molar-refractivity contribution in [2.24, 2.45) is 0 Å². The smallest absolute Gasteiger partial charge is 0.226 e. The van der Waals surface area contributed by atoms with E-state index < -0.39 is 0 Å². The Hall–Kier alpha value is -1.56. The summed E-state index contributed by atoms with van der Waals surface area (Å²) in [6.07, 6.45) is 4.45. The van der Waals surface area contributed by atoms with Gasteiger partial charge in [0.05, 0.1) is 19.3 Å². The molecule has 18 heavy (non-hydrogen) atoms. The Labute approximate surface area is 106 Å². The van der Waals surface area contributed by atoms with Gasteiger partial charge in [-0.2, -0.15) is 9.97 Å². The zero-order valence-corrected chi connectivity index (χ0v) is 10.8. The summed E-state index contributed by atoms with van der Waals surface area (Å²) in [6.45, 7) is 0. The van der Waals surface area contributed by atoms with Crippen LogP contribution in [-0.4, -0.2) is 36.4 Å². The molecule has 0 radical (unpaired) electrons. The van der Waals surface area contributed by atoms with E-state index in [4.69, 9.17) is 19.9 Å². The van der Waals surface area contributed by atoms with E-state index in [2.05, 4.69) is 9.97 Å². The number of nitrogens with zero attached hydrogens (tertiary/aromatic N) is 2. The number of anilines is 1. The number of nitrogens with two attached hydrogens (primary N) is 1. The molecule has 2 rings (SSSR count). The van der Waals surface area contributed by atoms with Crippen LogP contribution in [0.3, 0.4) is 0 Å². The molecule has 1 aromatic heterocycles. The fourth-order valence-electron chi connectivity index (χ4n) is 2.18. The van der Waals surface area contributed by atoms with E-state index in [9.17, 15) is 0 Å². The Kier molecular flexibility index (Phi) is 4.19. The molecule has 1 aliphatic carbocycles. The first-order valence-electron chi connectivity index (χ1n) is 6.09. The summed E-state index contributed by atoms with van der Waals surface area (Å²) in [5.74, 6) is 1.03. The van der Waals surface area contributed by atoms with Crippen LogP contribution >= 0.6 is 0 Å². The third kappa shape index (κ3) is 3.22. The highest BCUT2D eigenvalue weighted by Crippen LogP contribution is 2.25. The topological polar surface area (TPSA) is 79.5 Å². The first-order valence-corrected chi connectivity index (χ1v) is 6.09. The van der Waals surface area contributed by atoms with Gasteiger partial charge in [0.1, 0.15) is 6.10 Å². The molecule has 100 valence electrons. The zero-order valence-electron chi connectivity index (χ0n) is 10.8. The minimum Gasteiger partial charge on any atom is -0.481 e. The molecule has 6 heteroatoms. The molecular weight excluding hydrogens is 234 g/mol. The highest BCUT2D eigenvalue weighted by atomic mass is 16.5. The Balaban J connectivity index is 2.02. The maximum Gasteiger partial charge on any atom is 0.226 e. The lowest BCUT2D eigenvalue weighted by atomic mass is 9.95. The van der Waals surface area contributed by atoms with Crippen molar-refractivity contribution < 1.29 is 14.2 Å². The third-order valence-electron chi connectivity index (χ3n) is 3.10. The molecule has 2 unspecified atom stereocenters. The van der Waals surface area contributed by atoms with Crippen LogP contribution in [0.15, 0.2) is 6.07 Å². The van der Waals surface area contributed by atoms with E-state index in [0.717, 1.165) is 25.7 Å². The van der Waals surface area contributed by atoms with Gasteiger partial charge in [-0.05, 0) is 19.3 Å². The molecule has 0 aromatic carbocycles. The highest BCUT2D eigenvalue weighted by Gasteiger charge is 2.23. The highest BCUT2D eigenvalue weighted by molar-refractivity contribution is 5.29. The molecule has 2 N–H and O–H groups in total. The van der Waals surface area contributed by atoms with Crippen LogP contribution in [0.4, 0.5) is 5.95 Å². The number of hydrogen-bond donors (Lipinski definition) is 1. The summed E-state index contributed by atoms with van der Waals surface area (Å²) in [6, 6.07) is 1.65. The van der Waals surface area contributed by atoms with E-state index in [1.807, 2.05) is 0 Å². The van der Waals surface area contributed by atoms with Gasteiger partial charge < -0.3 is 19.9 Å². The van der Waals surface area contributed by atoms with Gasteiger partial charge in [0.25, 0.3) is 0 Å². The van der Waals surface area contributed by atoms with Crippen molar-refractivity contribution in [3.63, 3.8) is 0 Å². The fraction of sp³-hybridized carbons (Fsp3) is 0.667. The van der Waals surface area contributed by atoms with Crippen molar-refractivity contribution in [2.75, 3.05) is 20.0 Å². The number of nitrogen functional groups attached to an aromatic ring is 1. The number of rotatable bonds is 4. The van der Waals surface area contributed by atoms with Gasteiger partial charge in [-0.1, -0.05) is 0 Å². The van der Waals surface area contributed by atoms with Gasteiger partial charge in [-0.3, -0.25) is 0 Å². The Morgan fingerprint density at radius 1 is 1.17 bits per heavy atom. The van der Waals surface area contributed by atoms with Gasteiger partial charge in [0.15, 0.2) is 0 Å². The molecule has 0 amide bonds. The van der Waals surface area contributed by atoms with Crippen LogP contribution < -0.4 is 15.2 Å². The Morgan fingerprint density at radius 2 is 1.89 bits per heavy atom. The lowest BCUT2D eigenvalue weighted by Gasteiger charge is -2.28. The average molecular weight is 253 g/mol. The van der Waals surface area contributed by atoms with Crippen LogP contribution in [0, 0.1) is 0 Å². The minimum absolute atomic E-state index is 0.114. The van der Waals surface area contributed by atoms with Crippen LogP contribution in [0.1, 0.15) is 25.7 Å². The summed E-state index contributed by atoms with van der Waals surface area (Å²) < 4.78 is 16.2. The maximum absolute atomic E-state index is 5.82. The second kappa shape index (κ2) is 5.86. The number of aromatic nitrogens is 2. The Bertz CT molecular complexity index is 400. The molecular formula is C12H19N3O3. The summed E-state index contributed by atoms with van der Waals surface area (Å²) >= 11 is 0. The lowest BCUT2D eigenvalue weighted by molar-refractivity contribution is 0.0194. The van der Waals surface area contributed by atoms with Gasteiger partial charge in [0, 0.05) is 13.5 Å². The number of ether oxygens (including phenoxy) is 3. The fourth-order valence-corrected chi connectivity index (χ4v) is 2.18. The summed E-state index contributed by atoms with van der Waals surface area (Å²) in [5.41, 5.74) is 5.59. The van der Waals surface area contributed by atoms with Crippen LogP contribution in [0.5, 0.6) is 11.8 Å². The molecule has 0 saturated heterocycles. The van der Waals surface area contributed by atoms with Gasteiger partial charge in [-0.15, -0.1) is 0 Å². The average Bonchev–Trinajstić information content (AvgIpc) is 2.38. The predicted octanol–water partition coefficient (Wildman–Crippen LogP) is 1.40. The molecule has 0 spiro atoms. The molecule has 1 aliphatic rings. The van der Waals surface area contributed by atoms with E-state index in [0.29, 0.717) is 11.8 Å². The predicted molar refractivity (Wildman–Crippen MR) is 66.7 cm³/mol. The van der Waals surface area contributed by atoms with Gasteiger partial charge in [-0.25, -0.2) is 0 Å². The molecule has 1 heterocycles. The van der Waals surface area contributed by atoms with Crippen molar-refractivity contribution >= 4 is 5.95 Å². The van der Waals surface area contributed by atoms with E-state index >= 15 is 0 Å². The van der Waals surface area contributed by atoms with Crippen molar-refractivity contribution in [1.29, 1.82) is 0 Å². The van der Waals surface area contributed by atoms with E-state index in [1.54, 1.807) is 13.2 Å². The normalized spacial score (nSPS) is 23.7. The second-order valence-electron chi connectivity index (χ2n) is 4.37. The number of hydrogen-bond acceptors (Lipinski definition) is 6. The van der Waals surface area contributed by atoms with Crippen molar-refractivity contribution in [1.82, 2.24) is 9.97 Å². The largest absolute Gasteiger partial charge is 0.481 e. The van der Waals surface area contributed by atoms with Gasteiger partial charge in [0.2, 0.25) is 17.7 Å². The Morgan fingerprint density at radius 3 is 2.61 bits per heavy atom. The van der Waals surface area contributed by atoms with Crippen molar-refractivity contribution in [3.05, 3.63) is 6.07 Å². The molecule has 0 aliphatic heterocycles. The molecule has 1 saturated carbocycles. The number of methoxy groups -OCH3 is 2. The van der Waals surface area contributed by atoms with Crippen LogP contribution in [0.25, 0.3) is 0 Å². The summed E-state index contributed by atoms with van der Waals surface area (Å²) in [7, 11) is 3.27. The molecule has 1 aromatic rings. The first kappa shape index (κ1) is 12.9. The van der Waals surface area contributed by atoms with Crippen LogP contribution in [0.2, 0.25) is 0 Å². The van der Waals surface area contributed by atoms with Gasteiger partial charge >= 0.3 is 0 Å². The van der Waals surface area contributed by atoms with E-state index in [-0.39, 0.29) is 18.2 Å². The molecule has 6 nitrogen and oxygen atoms in total. The third-order valence-corrected chi connectivity index (χ3v) is 3.10. The molecule has 0 bridgehead atoms. The molecule has 1 fully saturated rings. The molecule has 2 atom stereocenters. The zero-order chi connectivity index (χ0) is 13.0.